The van der Waals surface area contributed by atoms with Crippen LogP contribution >= 0.6 is 0 Å². The van der Waals surface area contributed by atoms with Crippen molar-refractivity contribution < 1.29 is 14.2 Å². The van der Waals surface area contributed by atoms with Crippen LogP contribution in [0.2, 0.25) is 0 Å². The summed E-state index contributed by atoms with van der Waals surface area (Å²) in [6.07, 6.45) is 4.04. The van der Waals surface area contributed by atoms with Crippen LogP contribution in [0.5, 0.6) is 17.2 Å². The fourth-order valence-corrected chi connectivity index (χ4v) is 3.16. The van der Waals surface area contributed by atoms with Crippen LogP contribution < -0.4 is 19.5 Å². The molecule has 1 aliphatic rings. The van der Waals surface area contributed by atoms with E-state index in [1.165, 1.54) is 19.3 Å². The third-order valence-corrected chi connectivity index (χ3v) is 4.36. The molecular formula is C17H27NO3. The Morgan fingerprint density at radius 3 is 2.19 bits per heavy atom. The standard InChI is InChI=1S/C17H27NO3/c1-12-5-6-13(7-12)10-18-11-15-16(20-3)8-14(19-2)9-17(15)21-4/h8-9,12-13,18H,5-7,10-11H2,1-4H3. The Bertz CT molecular complexity index is 436. The largest absolute Gasteiger partial charge is 0.496 e. The molecule has 1 N–H and O–H groups in total. The Labute approximate surface area is 127 Å². The maximum atomic E-state index is 5.47. The van der Waals surface area contributed by atoms with Crippen molar-refractivity contribution in [1.29, 1.82) is 0 Å². The number of hydrogen-bond acceptors (Lipinski definition) is 4. The van der Waals surface area contributed by atoms with Crippen LogP contribution in [0.4, 0.5) is 0 Å². The van der Waals surface area contributed by atoms with Crippen LogP contribution in [0.15, 0.2) is 12.1 Å². The summed E-state index contributed by atoms with van der Waals surface area (Å²) in [6.45, 7) is 4.15. The van der Waals surface area contributed by atoms with E-state index in [9.17, 15) is 0 Å². The first-order valence-corrected chi connectivity index (χ1v) is 7.67. The third-order valence-electron chi connectivity index (χ3n) is 4.36. The second kappa shape index (κ2) is 7.55. The summed E-state index contributed by atoms with van der Waals surface area (Å²) >= 11 is 0. The van der Waals surface area contributed by atoms with E-state index in [0.29, 0.717) is 0 Å². The Hall–Kier alpha value is -1.42. The Morgan fingerprint density at radius 2 is 1.71 bits per heavy atom. The molecule has 0 aliphatic heterocycles. The summed E-state index contributed by atoms with van der Waals surface area (Å²) in [5.74, 6) is 4.03. The van der Waals surface area contributed by atoms with E-state index in [4.69, 9.17) is 14.2 Å². The topological polar surface area (TPSA) is 39.7 Å². The lowest BCUT2D eigenvalue weighted by Crippen LogP contribution is -2.21. The number of hydrogen-bond donors (Lipinski definition) is 1. The van der Waals surface area contributed by atoms with Crippen LogP contribution in [0.25, 0.3) is 0 Å². The van der Waals surface area contributed by atoms with Crippen LogP contribution in [-0.4, -0.2) is 27.9 Å². The van der Waals surface area contributed by atoms with E-state index < -0.39 is 0 Å². The number of methoxy groups -OCH3 is 3. The van der Waals surface area contributed by atoms with Crippen molar-refractivity contribution in [3.63, 3.8) is 0 Å². The summed E-state index contributed by atoms with van der Waals surface area (Å²) in [5.41, 5.74) is 1.05. The molecule has 0 bridgehead atoms. The quantitative estimate of drug-likeness (QED) is 0.838. The van der Waals surface area contributed by atoms with Gasteiger partial charge < -0.3 is 19.5 Å². The molecule has 2 rings (SSSR count). The third kappa shape index (κ3) is 4.03. The number of rotatable bonds is 7. The molecular weight excluding hydrogens is 266 g/mol. The zero-order chi connectivity index (χ0) is 15.2. The SMILES string of the molecule is COc1cc(OC)c(CNCC2CCC(C)C2)c(OC)c1. The van der Waals surface area contributed by atoms with E-state index in [2.05, 4.69) is 12.2 Å². The highest BCUT2D eigenvalue weighted by Crippen LogP contribution is 2.34. The Morgan fingerprint density at radius 1 is 1.05 bits per heavy atom. The zero-order valence-electron chi connectivity index (χ0n) is 13.6. The number of nitrogens with one attached hydrogen (secondary N) is 1. The second-order valence-corrected chi connectivity index (χ2v) is 5.93. The molecule has 1 aliphatic carbocycles. The summed E-state index contributed by atoms with van der Waals surface area (Å²) in [7, 11) is 5.00. The van der Waals surface area contributed by atoms with Crippen molar-refractivity contribution in [3.05, 3.63) is 17.7 Å². The van der Waals surface area contributed by atoms with Gasteiger partial charge in [0.2, 0.25) is 0 Å². The van der Waals surface area contributed by atoms with Crippen LogP contribution in [0.1, 0.15) is 31.7 Å². The lowest BCUT2D eigenvalue weighted by molar-refractivity contribution is 0.364. The van der Waals surface area contributed by atoms with E-state index in [-0.39, 0.29) is 0 Å². The van der Waals surface area contributed by atoms with Gasteiger partial charge in [-0.05, 0) is 31.2 Å². The smallest absolute Gasteiger partial charge is 0.130 e. The fourth-order valence-electron chi connectivity index (χ4n) is 3.16. The molecule has 0 amide bonds. The van der Waals surface area contributed by atoms with Crippen LogP contribution in [0.3, 0.4) is 0 Å². The predicted octanol–water partition coefficient (Wildman–Crippen LogP) is 3.24. The van der Waals surface area contributed by atoms with Crippen molar-refractivity contribution in [2.24, 2.45) is 11.8 Å². The minimum atomic E-state index is 0.747. The molecule has 21 heavy (non-hydrogen) atoms. The molecule has 4 nitrogen and oxygen atoms in total. The first-order chi connectivity index (χ1) is 10.2. The van der Waals surface area contributed by atoms with Gasteiger partial charge in [0.25, 0.3) is 0 Å². The second-order valence-electron chi connectivity index (χ2n) is 5.93. The summed E-state index contributed by atoms with van der Waals surface area (Å²) < 4.78 is 16.2. The highest BCUT2D eigenvalue weighted by Gasteiger charge is 2.21. The average molecular weight is 293 g/mol. The lowest BCUT2D eigenvalue weighted by atomic mass is 10.1. The highest BCUT2D eigenvalue weighted by molar-refractivity contribution is 5.50. The van der Waals surface area contributed by atoms with E-state index in [0.717, 1.165) is 47.7 Å². The van der Waals surface area contributed by atoms with Crippen LogP contribution in [0, 0.1) is 11.8 Å². The van der Waals surface area contributed by atoms with Gasteiger partial charge in [0.05, 0.1) is 26.9 Å². The molecule has 1 aromatic carbocycles. The van der Waals surface area contributed by atoms with Gasteiger partial charge in [-0.15, -0.1) is 0 Å². The van der Waals surface area contributed by atoms with Crippen molar-refractivity contribution >= 4 is 0 Å². The molecule has 4 heteroatoms. The molecule has 2 atom stereocenters. The molecule has 1 saturated carbocycles. The van der Waals surface area contributed by atoms with E-state index in [1.807, 2.05) is 12.1 Å². The maximum Gasteiger partial charge on any atom is 0.130 e. The molecule has 0 heterocycles. The fraction of sp³-hybridized carbons (Fsp3) is 0.647. The molecule has 0 saturated heterocycles. The van der Waals surface area contributed by atoms with Crippen molar-refractivity contribution in [3.8, 4) is 17.2 Å². The Balaban J connectivity index is 2.00. The van der Waals surface area contributed by atoms with Crippen molar-refractivity contribution in [2.75, 3.05) is 27.9 Å². The minimum Gasteiger partial charge on any atom is -0.496 e. The van der Waals surface area contributed by atoms with Gasteiger partial charge in [0.1, 0.15) is 17.2 Å². The highest BCUT2D eigenvalue weighted by atomic mass is 16.5. The molecule has 0 spiro atoms. The van der Waals surface area contributed by atoms with Crippen molar-refractivity contribution in [1.82, 2.24) is 5.32 Å². The average Bonchev–Trinajstić information content (AvgIpc) is 2.92. The Kier molecular flexibility index (Phi) is 5.74. The normalized spacial score (nSPS) is 21.3. The van der Waals surface area contributed by atoms with Crippen molar-refractivity contribution in [2.45, 2.75) is 32.7 Å². The zero-order valence-corrected chi connectivity index (χ0v) is 13.6. The van der Waals surface area contributed by atoms with Gasteiger partial charge in [0, 0.05) is 18.7 Å². The summed E-state index contributed by atoms with van der Waals surface area (Å²) in [4.78, 5) is 0. The monoisotopic (exact) mass is 293 g/mol. The first kappa shape index (κ1) is 16.0. The van der Waals surface area contributed by atoms with Gasteiger partial charge in [-0.25, -0.2) is 0 Å². The number of ether oxygens (including phenoxy) is 3. The van der Waals surface area contributed by atoms with Gasteiger partial charge >= 0.3 is 0 Å². The van der Waals surface area contributed by atoms with Gasteiger partial charge in [0.15, 0.2) is 0 Å². The van der Waals surface area contributed by atoms with Crippen LogP contribution in [-0.2, 0) is 6.54 Å². The summed E-state index contributed by atoms with van der Waals surface area (Å²) in [6, 6.07) is 3.80. The molecule has 0 radical (unpaired) electrons. The summed E-state index contributed by atoms with van der Waals surface area (Å²) in [5, 5.41) is 3.55. The molecule has 118 valence electrons. The first-order valence-electron chi connectivity index (χ1n) is 7.67. The lowest BCUT2D eigenvalue weighted by Gasteiger charge is -2.17. The van der Waals surface area contributed by atoms with Gasteiger partial charge in [-0.3, -0.25) is 0 Å². The number of benzene rings is 1. The maximum absolute atomic E-state index is 5.47. The molecule has 1 fully saturated rings. The molecule has 1 aromatic rings. The molecule has 2 unspecified atom stereocenters. The van der Waals surface area contributed by atoms with Gasteiger partial charge in [-0.1, -0.05) is 13.3 Å². The minimum absolute atomic E-state index is 0.747. The predicted molar refractivity (Wildman–Crippen MR) is 84.3 cm³/mol. The van der Waals surface area contributed by atoms with Gasteiger partial charge in [-0.2, -0.15) is 0 Å². The molecule has 0 aromatic heterocycles. The van der Waals surface area contributed by atoms with E-state index >= 15 is 0 Å². The van der Waals surface area contributed by atoms with E-state index in [1.54, 1.807) is 21.3 Å².